The van der Waals surface area contributed by atoms with Gasteiger partial charge in [-0.05, 0) is 24.7 Å². The molecule has 0 amide bonds. The second kappa shape index (κ2) is 11.3. The molecule has 0 bridgehead atoms. The number of hydrogen-bond acceptors (Lipinski definition) is 4. The molecule has 22 heavy (non-hydrogen) atoms. The van der Waals surface area contributed by atoms with Crippen molar-refractivity contribution in [1.29, 1.82) is 0 Å². The van der Waals surface area contributed by atoms with Crippen LogP contribution in [-0.4, -0.2) is 25.2 Å². The zero-order valence-corrected chi connectivity index (χ0v) is 15.0. The molecule has 0 aliphatic carbocycles. The van der Waals surface area contributed by atoms with Gasteiger partial charge in [-0.25, -0.2) is 9.59 Å². The van der Waals surface area contributed by atoms with Gasteiger partial charge in [-0.3, -0.25) is 0 Å². The Morgan fingerprint density at radius 2 is 1.05 bits per heavy atom. The summed E-state index contributed by atoms with van der Waals surface area (Å²) in [6, 6.07) is 0. The largest absolute Gasteiger partial charge is 0.462 e. The van der Waals surface area contributed by atoms with E-state index in [9.17, 15) is 9.59 Å². The zero-order chi connectivity index (χ0) is 17.1. The molecule has 0 saturated heterocycles. The standard InChI is InChI=1S/C18H32O4/c1-7-9-15(17(19)21-11-13(3)4)16(10-8-2)18(20)22-12-14(5)6/h13-14H,7-12H2,1-6H3. The van der Waals surface area contributed by atoms with Crippen molar-refractivity contribution >= 4 is 11.9 Å². The van der Waals surface area contributed by atoms with Gasteiger partial charge >= 0.3 is 11.9 Å². The van der Waals surface area contributed by atoms with Crippen LogP contribution >= 0.6 is 0 Å². The number of ether oxygens (including phenoxy) is 2. The Hall–Kier alpha value is -1.32. The minimum Gasteiger partial charge on any atom is -0.462 e. The predicted octanol–water partition coefficient (Wildman–Crippen LogP) is 4.28. The summed E-state index contributed by atoms with van der Waals surface area (Å²) in [6.45, 7) is 12.7. The molecule has 0 aromatic heterocycles. The molecule has 4 heteroatoms. The van der Waals surface area contributed by atoms with Gasteiger partial charge in [0.2, 0.25) is 0 Å². The molecule has 0 aromatic rings. The number of hydrogen-bond donors (Lipinski definition) is 0. The Morgan fingerprint density at radius 3 is 1.27 bits per heavy atom. The van der Waals surface area contributed by atoms with Crippen LogP contribution in [0.4, 0.5) is 0 Å². The molecule has 0 aliphatic rings. The summed E-state index contributed by atoms with van der Waals surface area (Å²) >= 11 is 0. The van der Waals surface area contributed by atoms with Gasteiger partial charge in [-0.15, -0.1) is 0 Å². The molecule has 0 aliphatic heterocycles. The lowest BCUT2D eigenvalue weighted by atomic mass is 9.99. The van der Waals surface area contributed by atoms with Crippen molar-refractivity contribution in [3.05, 3.63) is 11.1 Å². The van der Waals surface area contributed by atoms with Crippen molar-refractivity contribution < 1.29 is 19.1 Å². The van der Waals surface area contributed by atoms with Crippen LogP contribution in [0, 0.1) is 11.8 Å². The number of carbonyl (C=O) groups excluding carboxylic acids is 2. The van der Waals surface area contributed by atoms with E-state index in [0.29, 0.717) is 37.2 Å². The van der Waals surface area contributed by atoms with Gasteiger partial charge in [0.05, 0.1) is 13.2 Å². The molecule has 0 heterocycles. The van der Waals surface area contributed by atoms with Crippen LogP contribution in [0.3, 0.4) is 0 Å². The molecule has 0 N–H and O–H groups in total. The monoisotopic (exact) mass is 312 g/mol. The molecule has 0 radical (unpaired) electrons. The van der Waals surface area contributed by atoms with Gasteiger partial charge in [0, 0.05) is 11.1 Å². The average Bonchev–Trinajstić information content (AvgIpc) is 2.45. The van der Waals surface area contributed by atoms with Gasteiger partial charge in [0.25, 0.3) is 0 Å². The second-order valence-corrected chi connectivity index (χ2v) is 6.44. The van der Waals surface area contributed by atoms with Gasteiger partial charge in [0.15, 0.2) is 0 Å². The van der Waals surface area contributed by atoms with Crippen LogP contribution in [0.1, 0.15) is 67.2 Å². The Bertz CT molecular complexity index is 345. The smallest absolute Gasteiger partial charge is 0.334 e. The molecular formula is C18H32O4. The number of esters is 2. The highest BCUT2D eigenvalue weighted by Crippen LogP contribution is 2.20. The minimum atomic E-state index is -0.375. The highest BCUT2D eigenvalue weighted by Gasteiger charge is 2.22. The first kappa shape index (κ1) is 20.7. The Labute approximate surface area is 135 Å². The van der Waals surface area contributed by atoms with Crippen molar-refractivity contribution in [2.75, 3.05) is 13.2 Å². The van der Waals surface area contributed by atoms with E-state index in [-0.39, 0.29) is 23.8 Å². The van der Waals surface area contributed by atoms with Crippen molar-refractivity contribution in [2.45, 2.75) is 67.2 Å². The molecular weight excluding hydrogens is 280 g/mol. The zero-order valence-electron chi connectivity index (χ0n) is 15.0. The first-order valence-corrected chi connectivity index (χ1v) is 8.39. The molecule has 0 saturated carbocycles. The van der Waals surface area contributed by atoms with E-state index in [1.165, 1.54) is 0 Å². The van der Waals surface area contributed by atoms with Gasteiger partial charge < -0.3 is 9.47 Å². The topological polar surface area (TPSA) is 52.6 Å². The quantitative estimate of drug-likeness (QED) is 0.446. The van der Waals surface area contributed by atoms with Crippen LogP contribution in [0.5, 0.6) is 0 Å². The summed E-state index contributed by atoms with van der Waals surface area (Å²) in [6.07, 6.45) is 2.67. The summed E-state index contributed by atoms with van der Waals surface area (Å²) in [5.74, 6) is -0.204. The third-order valence-corrected chi connectivity index (χ3v) is 2.95. The summed E-state index contributed by atoms with van der Waals surface area (Å²) in [5, 5.41) is 0. The third kappa shape index (κ3) is 8.20. The lowest BCUT2D eigenvalue weighted by Crippen LogP contribution is -2.19. The molecule has 0 rings (SSSR count). The van der Waals surface area contributed by atoms with Crippen molar-refractivity contribution in [3.63, 3.8) is 0 Å². The molecule has 0 aromatic carbocycles. The lowest BCUT2D eigenvalue weighted by Gasteiger charge is -2.15. The molecule has 0 fully saturated rings. The number of rotatable bonds is 10. The molecule has 128 valence electrons. The fraction of sp³-hybridized carbons (Fsp3) is 0.778. The van der Waals surface area contributed by atoms with Crippen LogP contribution in [0.15, 0.2) is 11.1 Å². The van der Waals surface area contributed by atoms with Crippen molar-refractivity contribution in [3.8, 4) is 0 Å². The summed E-state index contributed by atoms with van der Waals surface area (Å²) < 4.78 is 10.6. The fourth-order valence-corrected chi connectivity index (χ4v) is 1.91. The molecule has 0 unspecified atom stereocenters. The van der Waals surface area contributed by atoms with E-state index in [2.05, 4.69) is 0 Å². The highest BCUT2D eigenvalue weighted by atomic mass is 16.5. The highest BCUT2D eigenvalue weighted by molar-refractivity contribution is 6.00. The van der Waals surface area contributed by atoms with E-state index in [0.717, 1.165) is 12.8 Å². The first-order chi connectivity index (χ1) is 10.3. The van der Waals surface area contributed by atoms with Gasteiger partial charge in [-0.2, -0.15) is 0 Å². The maximum absolute atomic E-state index is 12.3. The fourth-order valence-electron chi connectivity index (χ4n) is 1.91. The first-order valence-electron chi connectivity index (χ1n) is 8.39. The summed E-state index contributed by atoms with van der Waals surface area (Å²) in [7, 11) is 0. The van der Waals surface area contributed by atoms with Gasteiger partial charge in [-0.1, -0.05) is 54.4 Å². The van der Waals surface area contributed by atoms with Crippen LogP contribution in [0.25, 0.3) is 0 Å². The average molecular weight is 312 g/mol. The molecule has 0 atom stereocenters. The Morgan fingerprint density at radius 1 is 0.727 bits per heavy atom. The molecule has 4 nitrogen and oxygen atoms in total. The predicted molar refractivity (Wildman–Crippen MR) is 88.4 cm³/mol. The van der Waals surface area contributed by atoms with Crippen LogP contribution in [0.2, 0.25) is 0 Å². The van der Waals surface area contributed by atoms with E-state index in [1.807, 2.05) is 41.5 Å². The number of carbonyl (C=O) groups is 2. The van der Waals surface area contributed by atoms with E-state index in [1.54, 1.807) is 0 Å². The van der Waals surface area contributed by atoms with Crippen LogP contribution < -0.4 is 0 Å². The SMILES string of the molecule is CCCC(C(=O)OCC(C)C)=C(CCC)C(=O)OCC(C)C. The van der Waals surface area contributed by atoms with E-state index >= 15 is 0 Å². The van der Waals surface area contributed by atoms with E-state index < -0.39 is 0 Å². The van der Waals surface area contributed by atoms with Crippen molar-refractivity contribution in [2.24, 2.45) is 11.8 Å². The second-order valence-electron chi connectivity index (χ2n) is 6.44. The molecule has 0 spiro atoms. The van der Waals surface area contributed by atoms with Gasteiger partial charge in [0.1, 0.15) is 0 Å². The summed E-state index contributed by atoms with van der Waals surface area (Å²) in [5.41, 5.74) is 0.970. The Balaban J connectivity index is 5.25. The normalized spacial score (nSPS) is 12.4. The summed E-state index contributed by atoms with van der Waals surface area (Å²) in [4.78, 5) is 24.6. The lowest BCUT2D eigenvalue weighted by molar-refractivity contribution is -0.143. The maximum atomic E-state index is 12.3. The third-order valence-electron chi connectivity index (χ3n) is 2.95. The minimum absolute atomic E-state index is 0.273. The van der Waals surface area contributed by atoms with Crippen LogP contribution in [-0.2, 0) is 19.1 Å². The van der Waals surface area contributed by atoms with Crippen molar-refractivity contribution in [1.82, 2.24) is 0 Å². The maximum Gasteiger partial charge on any atom is 0.334 e. The van der Waals surface area contributed by atoms with E-state index in [4.69, 9.17) is 9.47 Å². The Kier molecular flexibility index (Phi) is 10.6.